The molecule has 0 bridgehead atoms. The van der Waals surface area contributed by atoms with Gasteiger partial charge < -0.3 is 10.2 Å². The summed E-state index contributed by atoms with van der Waals surface area (Å²) < 4.78 is 0. The summed E-state index contributed by atoms with van der Waals surface area (Å²) in [7, 11) is 4.03. The zero-order chi connectivity index (χ0) is 12.2. The maximum absolute atomic E-state index is 11.4. The topological polar surface area (TPSA) is 32.3 Å². The molecule has 0 aromatic rings. The molecule has 0 aromatic heterocycles. The molecule has 0 unspecified atom stereocenters. The molecule has 0 saturated carbocycles. The molecule has 0 saturated heterocycles. The fourth-order valence-electron chi connectivity index (χ4n) is 1.57. The fourth-order valence-corrected chi connectivity index (χ4v) is 1.57. The summed E-state index contributed by atoms with van der Waals surface area (Å²) in [5.41, 5.74) is 0. The zero-order valence-electron chi connectivity index (χ0n) is 11.2. The minimum absolute atomic E-state index is 0.206. The van der Waals surface area contributed by atoms with Crippen molar-refractivity contribution >= 4 is 5.91 Å². The van der Waals surface area contributed by atoms with Gasteiger partial charge in [-0.3, -0.25) is 4.79 Å². The number of likely N-dealkylation sites (N-methyl/N-ethyl adjacent to an activating group) is 1. The zero-order valence-corrected chi connectivity index (χ0v) is 11.2. The number of unbranched alkanes of at least 4 members (excludes halogenated alkanes) is 5. The first kappa shape index (κ1) is 15.4. The minimum Gasteiger partial charge on any atom is -0.355 e. The van der Waals surface area contributed by atoms with Crippen molar-refractivity contribution in [2.24, 2.45) is 0 Å². The molecule has 0 aromatic carbocycles. The van der Waals surface area contributed by atoms with E-state index in [0.29, 0.717) is 6.42 Å². The van der Waals surface area contributed by atoms with E-state index in [-0.39, 0.29) is 5.91 Å². The second-order valence-corrected chi connectivity index (χ2v) is 4.67. The van der Waals surface area contributed by atoms with Gasteiger partial charge in [-0.1, -0.05) is 39.0 Å². The normalized spacial score (nSPS) is 10.8. The second kappa shape index (κ2) is 10.9. The molecule has 0 fully saturated rings. The number of hydrogen-bond donors (Lipinski definition) is 1. The third-order valence-corrected chi connectivity index (χ3v) is 2.64. The Hall–Kier alpha value is -0.570. The number of rotatable bonds is 10. The Kier molecular flexibility index (Phi) is 10.5. The van der Waals surface area contributed by atoms with Crippen LogP contribution in [0.4, 0.5) is 0 Å². The predicted molar refractivity (Wildman–Crippen MR) is 69.6 cm³/mol. The van der Waals surface area contributed by atoms with Crippen LogP contribution in [0.15, 0.2) is 0 Å². The molecule has 1 N–H and O–H groups in total. The van der Waals surface area contributed by atoms with Crippen molar-refractivity contribution in [2.45, 2.75) is 51.9 Å². The van der Waals surface area contributed by atoms with Gasteiger partial charge in [0.2, 0.25) is 5.91 Å². The third kappa shape index (κ3) is 11.5. The fraction of sp³-hybridized carbons (Fsp3) is 0.923. The minimum atomic E-state index is 0.206. The standard InChI is InChI=1S/C13H28N2O/c1-4-5-6-7-8-9-10-13(16)14-11-12-15(2)3/h4-12H2,1-3H3,(H,14,16). The first-order chi connectivity index (χ1) is 7.66. The lowest BCUT2D eigenvalue weighted by Gasteiger charge is -2.10. The Morgan fingerprint density at radius 2 is 1.69 bits per heavy atom. The molecule has 1 amide bonds. The number of nitrogens with zero attached hydrogens (tertiary/aromatic N) is 1. The highest BCUT2D eigenvalue weighted by Crippen LogP contribution is 2.06. The van der Waals surface area contributed by atoms with Gasteiger partial charge in [-0.15, -0.1) is 0 Å². The van der Waals surface area contributed by atoms with Crippen LogP contribution in [-0.4, -0.2) is 38.0 Å². The van der Waals surface area contributed by atoms with Crippen LogP contribution in [0.1, 0.15) is 51.9 Å². The molecule has 0 heterocycles. The smallest absolute Gasteiger partial charge is 0.220 e. The SMILES string of the molecule is CCCCCCCCC(=O)NCCN(C)C. The maximum Gasteiger partial charge on any atom is 0.220 e. The highest BCUT2D eigenvalue weighted by atomic mass is 16.1. The molecule has 0 aliphatic rings. The highest BCUT2D eigenvalue weighted by Gasteiger charge is 2.00. The van der Waals surface area contributed by atoms with Crippen LogP contribution in [0.25, 0.3) is 0 Å². The Morgan fingerprint density at radius 3 is 2.31 bits per heavy atom. The Labute approximate surface area is 101 Å². The van der Waals surface area contributed by atoms with Gasteiger partial charge in [-0.05, 0) is 20.5 Å². The van der Waals surface area contributed by atoms with Gasteiger partial charge in [0.05, 0.1) is 0 Å². The van der Waals surface area contributed by atoms with E-state index in [2.05, 4.69) is 17.1 Å². The molecular weight excluding hydrogens is 200 g/mol. The second-order valence-electron chi connectivity index (χ2n) is 4.67. The Bertz CT molecular complexity index is 169. The Balaban J connectivity index is 3.17. The Morgan fingerprint density at radius 1 is 1.06 bits per heavy atom. The summed E-state index contributed by atoms with van der Waals surface area (Å²) in [6.45, 7) is 3.90. The van der Waals surface area contributed by atoms with Gasteiger partial charge >= 0.3 is 0 Å². The van der Waals surface area contributed by atoms with E-state index < -0.39 is 0 Å². The van der Waals surface area contributed by atoms with E-state index >= 15 is 0 Å². The van der Waals surface area contributed by atoms with Crippen LogP contribution in [-0.2, 0) is 4.79 Å². The summed E-state index contributed by atoms with van der Waals surface area (Å²) in [4.78, 5) is 13.5. The van der Waals surface area contributed by atoms with Crippen LogP contribution in [0.2, 0.25) is 0 Å². The summed E-state index contributed by atoms with van der Waals surface area (Å²) in [6.07, 6.45) is 8.13. The van der Waals surface area contributed by atoms with Crippen LogP contribution in [0, 0.1) is 0 Å². The van der Waals surface area contributed by atoms with E-state index in [1.54, 1.807) is 0 Å². The van der Waals surface area contributed by atoms with Crippen molar-refractivity contribution in [1.29, 1.82) is 0 Å². The number of nitrogens with one attached hydrogen (secondary N) is 1. The quantitative estimate of drug-likeness (QED) is 0.582. The summed E-state index contributed by atoms with van der Waals surface area (Å²) in [6, 6.07) is 0. The molecule has 0 rings (SSSR count). The van der Waals surface area contributed by atoms with E-state index in [1.165, 1.54) is 32.1 Å². The monoisotopic (exact) mass is 228 g/mol. The van der Waals surface area contributed by atoms with Gasteiger partial charge in [-0.2, -0.15) is 0 Å². The molecule has 0 atom stereocenters. The van der Waals surface area contributed by atoms with Crippen molar-refractivity contribution < 1.29 is 4.79 Å². The summed E-state index contributed by atoms with van der Waals surface area (Å²) in [5.74, 6) is 0.206. The molecule has 0 aliphatic heterocycles. The lowest BCUT2D eigenvalue weighted by atomic mass is 10.1. The molecule has 0 aliphatic carbocycles. The van der Waals surface area contributed by atoms with Crippen LogP contribution in [0.5, 0.6) is 0 Å². The van der Waals surface area contributed by atoms with Crippen molar-refractivity contribution in [3.63, 3.8) is 0 Å². The van der Waals surface area contributed by atoms with Crippen molar-refractivity contribution in [1.82, 2.24) is 10.2 Å². The lowest BCUT2D eigenvalue weighted by Crippen LogP contribution is -2.31. The first-order valence-electron chi connectivity index (χ1n) is 6.58. The van der Waals surface area contributed by atoms with Gasteiger partial charge in [0, 0.05) is 19.5 Å². The van der Waals surface area contributed by atoms with E-state index in [0.717, 1.165) is 19.5 Å². The van der Waals surface area contributed by atoms with Gasteiger partial charge in [-0.25, -0.2) is 0 Å². The molecule has 96 valence electrons. The molecule has 3 nitrogen and oxygen atoms in total. The van der Waals surface area contributed by atoms with Crippen LogP contribution < -0.4 is 5.32 Å². The van der Waals surface area contributed by atoms with Gasteiger partial charge in [0.1, 0.15) is 0 Å². The number of carbonyl (C=O) groups excluding carboxylic acids is 1. The number of hydrogen-bond acceptors (Lipinski definition) is 2. The van der Waals surface area contributed by atoms with Crippen molar-refractivity contribution in [2.75, 3.05) is 27.2 Å². The molecular formula is C13H28N2O. The van der Waals surface area contributed by atoms with E-state index in [1.807, 2.05) is 14.1 Å². The van der Waals surface area contributed by atoms with Crippen LogP contribution in [0.3, 0.4) is 0 Å². The average Bonchev–Trinajstić information content (AvgIpc) is 2.22. The summed E-state index contributed by atoms with van der Waals surface area (Å²) >= 11 is 0. The molecule has 0 spiro atoms. The van der Waals surface area contributed by atoms with Crippen molar-refractivity contribution in [3.05, 3.63) is 0 Å². The van der Waals surface area contributed by atoms with Crippen LogP contribution >= 0.6 is 0 Å². The first-order valence-corrected chi connectivity index (χ1v) is 6.58. The molecule has 16 heavy (non-hydrogen) atoms. The van der Waals surface area contributed by atoms with Crippen molar-refractivity contribution in [3.8, 4) is 0 Å². The van der Waals surface area contributed by atoms with Gasteiger partial charge in [0.15, 0.2) is 0 Å². The number of carbonyl (C=O) groups is 1. The lowest BCUT2D eigenvalue weighted by molar-refractivity contribution is -0.121. The van der Waals surface area contributed by atoms with E-state index in [9.17, 15) is 4.79 Å². The highest BCUT2D eigenvalue weighted by molar-refractivity contribution is 5.75. The van der Waals surface area contributed by atoms with Gasteiger partial charge in [0.25, 0.3) is 0 Å². The average molecular weight is 228 g/mol. The molecule has 3 heteroatoms. The maximum atomic E-state index is 11.4. The third-order valence-electron chi connectivity index (χ3n) is 2.64. The number of amides is 1. The van der Waals surface area contributed by atoms with E-state index in [4.69, 9.17) is 0 Å². The molecule has 0 radical (unpaired) electrons. The largest absolute Gasteiger partial charge is 0.355 e. The summed E-state index contributed by atoms with van der Waals surface area (Å²) in [5, 5.41) is 2.94. The predicted octanol–water partition coefficient (Wildman–Crippen LogP) is 2.41.